The van der Waals surface area contributed by atoms with Gasteiger partial charge in [-0.25, -0.2) is 9.67 Å². The zero-order valence-corrected chi connectivity index (χ0v) is 18.3. The average molecular weight is 446 g/mol. The number of nitrogens with zero attached hydrogens (tertiary/aromatic N) is 4. The van der Waals surface area contributed by atoms with Gasteiger partial charge in [0.15, 0.2) is 10.8 Å². The van der Waals surface area contributed by atoms with E-state index in [1.54, 1.807) is 4.68 Å². The highest BCUT2D eigenvalue weighted by molar-refractivity contribution is 7.98. The molecule has 1 aliphatic rings. The van der Waals surface area contributed by atoms with Crippen LogP contribution in [0, 0.1) is 0 Å². The molecule has 4 aromatic rings. The molecule has 162 valence electrons. The average Bonchev–Trinajstić information content (AvgIpc) is 3.28. The number of nitrogens with one attached hydrogen (secondary N) is 1. The topological polar surface area (TPSA) is 83.9 Å². The van der Waals surface area contributed by atoms with Gasteiger partial charge in [-0.15, -0.1) is 0 Å². The van der Waals surface area contributed by atoms with Crippen LogP contribution in [-0.2, 0) is 5.75 Å². The van der Waals surface area contributed by atoms with Crippen LogP contribution in [0.3, 0.4) is 0 Å². The van der Waals surface area contributed by atoms with Crippen LogP contribution in [0.5, 0.6) is 0 Å². The third-order valence-corrected chi connectivity index (χ3v) is 6.55. The van der Waals surface area contributed by atoms with E-state index >= 15 is 0 Å². The quantitative estimate of drug-likeness (QED) is 0.370. The van der Waals surface area contributed by atoms with Gasteiger partial charge in [-0.05, 0) is 49.1 Å². The molecule has 32 heavy (non-hydrogen) atoms. The molecule has 0 spiro atoms. The maximum absolute atomic E-state index is 12.8. The Hall–Kier alpha value is -3.39. The molecule has 0 aliphatic carbocycles. The number of rotatable bonds is 5. The van der Waals surface area contributed by atoms with Crippen molar-refractivity contribution in [3.8, 4) is 5.69 Å². The molecule has 1 N–H and O–H groups in total. The Balaban J connectivity index is 1.36. The third-order valence-electron chi connectivity index (χ3n) is 5.61. The van der Waals surface area contributed by atoms with E-state index in [2.05, 4.69) is 15.1 Å². The number of likely N-dealkylation sites (tertiary alicyclic amines) is 1. The molecule has 0 radical (unpaired) electrons. The molecular weight excluding hydrogens is 422 g/mol. The molecule has 1 aliphatic heterocycles. The standard InChI is InChI=1S/C24H23N5O2S/c30-22-20-15-25-29(19-10-3-1-4-11-19)21(20)26-24(27-22)32-16-17-8-7-9-18(14-17)23(31)28-12-5-2-6-13-28/h1,3-4,7-11,14-15H,2,5-6,12-13,16H2,(H,26,27,30). The van der Waals surface area contributed by atoms with E-state index in [4.69, 9.17) is 0 Å². The number of para-hydroxylation sites is 1. The number of H-pyrrole nitrogens is 1. The zero-order chi connectivity index (χ0) is 21.9. The lowest BCUT2D eigenvalue weighted by molar-refractivity contribution is 0.0724. The summed E-state index contributed by atoms with van der Waals surface area (Å²) >= 11 is 1.43. The zero-order valence-electron chi connectivity index (χ0n) is 17.5. The van der Waals surface area contributed by atoms with Crippen molar-refractivity contribution in [2.45, 2.75) is 30.2 Å². The van der Waals surface area contributed by atoms with Crippen molar-refractivity contribution in [2.24, 2.45) is 0 Å². The summed E-state index contributed by atoms with van der Waals surface area (Å²) in [5.74, 6) is 0.686. The van der Waals surface area contributed by atoms with Crippen LogP contribution in [0.4, 0.5) is 0 Å². The smallest absolute Gasteiger partial charge is 0.262 e. The fraction of sp³-hybridized carbons (Fsp3) is 0.250. The third kappa shape index (κ3) is 4.18. The van der Waals surface area contributed by atoms with Crippen molar-refractivity contribution < 1.29 is 4.79 Å². The fourth-order valence-corrected chi connectivity index (χ4v) is 4.75. The Morgan fingerprint density at radius 2 is 1.84 bits per heavy atom. The Labute approximate surface area is 189 Å². The number of thioether (sulfide) groups is 1. The van der Waals surface area contributed by atoms with Crippen molar-refractivity contribution in [1.82, 2.24) is 24.6 Å². The van der Waals surface area contributed by atoms with Crippen molar-refractivity contribution >= 4 is 28.7 Å². The molecule has 2 aromatic carbocycles. The van der Waals surface area contributed by atoms with E-state index in [0.29, 0.717) is 27.5 Å². The summed E-state index contributed by atoms with van der Waals surface area (Å²) in [4.78, 5) is 34.8. The number of aromatic nitrogens is 4. The van der Waals surface area contributed by atoms with Crippen LogP contribution in [0.25, 0.3) is 16.7 Å². The number of carbonyl (C=O) groups excluding carboxylic acids is 1. The van der Waals surface area contributed by atoms with Crippen LogP contribution in [0.2, 0.25) is 0 Å². The Kier molecular flexibility index (Phi) is 5.77. The minimum Gasteiger partial charge on any atom is -0.339 e. The summed E-state index contributed by atoms with van der Waals surface area (Å²) in [7, 11) is 0. The first-order valence-electron chi connectivity index (χ1n) is 10.7. The van der Waals surface area contributed by atoms with E-state index < -0.39 is 0 Å². The lowest BCUT2D eigenvalue weighted by Crippen LogP contribution is -2.35. The lowest BCUT2D eigenvalue weighted by Gasteiger charge is -2.26. The molecule has 0 atom stereocenters. The van der Waals surface area contributed by atoms with Gasteiger partial charge in [0.05, 0.1) is 11.9 Å². The molecule has 0 saturated carbocycles. The number of aromatic amines is 1. The van der Waals surface area contributed by atoms with Gasteiger partial charge in [0.1, 0.15) is 5.39 Å². The summed E-state index contributed by atoms with van der Waals surface area (Å²) in [5.41, 5.74) is 2.88. The molecule has 0 bridgehead atoms. The van der Waals surface area contributed by atoms with Gasteiger partial charge in [-0.3, -0.25) is 9.59 Å². The van der Waals surface area contributed by atoms with Crippen molar-refractivity contribution in [2.75, 3.05) is 13.1 Å². The summed E-state index contributed by atoms with van der Waals surface area (Å²) in [5, 5.41) is 5.32. The molecule has 2 aromatic heterocycles. The summed E-state index contributed by atoms with van der Waals surface area (Å²) in [6.07, 6.45) is 4.88. The fourth-order valence-electron chi connectivity index (χ4n) is 3.95. The SMILES string of the molecule is O=C(c1cccc(CSc2nc3c(cnn3-c3ccccc3)c(=O)[nH]2)c1)N1CCCCC1. The number of hydrogen-bond donors (Lipinski definition) is 1. The number of carbonyl (C=O) groups is 1. The van der Waals surface area contributed by atoms with Crippen LogP contribution >= 0.6 is 11.8 Å². The molecule has 1 amide bonds. The van der Waals surface area contributed by atoms with E-state index in [9.17, 15) is 9.59 Å². The first-order valence-corrected chi connectivity index (χ1v) is 11.7. The largest absolute Gasteiger partial charge is 0.339 e. The molecule has 8 heteroatoms. The molecule has 5 rings (SSSR count). The highest BCUT2D eigenvalue weighted by Gasteiger charge is 2.18. The minimum atomic E-state index is -0.214. The second kappa shape index (κ2) is 9.00. The van der Waals surface area contributed by atoms with Gasteiger partial charge in [-0.2, -0.15) is 5.10 Å². The summed E-state index contributed by atoms with van der Waals surface area (Å²) < 4.78 is 1.67. The van der Waals surface area contributed by atoms with E-state index in [1.807, 2.05) is 59.5 Å². The number of fused-ring (bicyclic) bond motifs is 1. The molecule has 0 unspecified atom stereocenters. The number of amides is 1. The molecular formula is C24H23N5O2S. The van der Waals surface area contributed by atoms with Crippen LogP contribution in [0.1, 0.15) is 35.2 Å². The van der Waals surface area contributed by atoms with Crippen molar-refractivity contribution in [3.05, 3.63) is 82.3 Å². The van der Waals surface area contributed by atoms with Crippen LogP contribution < -0.4 is 5.56 Å². The second-order valence-corrected chi connectivity index (χ2v) is 8.81. The van der Waals surface area contributed by atoms with Gasteiger partial charge in [-0.1, -0.05) is 42.1 Å². The van der Waals surface area contributed by atoms with Crippen LogP contribution in [0.15, 0.2) is 70.7 Å². The molecule has 3 heterocycles. The Morgan fingerprint density at radius 1 is 1.03 bits per heavy atom. The number of piperidine rings is 1. The summed E-state index contributed by atoms with van der Waals surface area (Å²) in [6.45, 7) is 1.66. The normalized spacial score (nSPS) is 14.1. The monoisotopic (exact) mass is 445 g/mol. The second-order valence-electron chi connectivity index (χ2n) is 7.84. The van der Waals surface area contributed by atoms with Gasteiger partial charge in [0.25, 0.3) is 11.5 Å². The van der Waals surface area contributed by atoms with E-state index in [-0.39, 0.29) is 11.5 Å². The highest BCUT2D eigenvalue weighted by Crippen LogP contribution is 2.22. The maximum Gasteiger partial charge on any atom is 0.262 e. The number of hydrogen-bond acceptors (Lipinski definition) is 5. The number of benzene rings is 2. The Morgan fingerprint density at radius 3 is 2.66 bits per heavy atom. The first kappa shape index (κ1) is 20.5. The van der Waals surface area contributed by atoms with Crippen molar-refractivity contribution in [1.29, 1.82) is 0 Å². The Bertz CT molecular complexity index is 1310. The molecule has 7 nitrogen and oxygen atoms in total. The maximum atomic E-state index is 12.8. The van der Waals surface area contributed by atoms with E-state index in [1.165, 1.54) is 24.4 Å². The molecule has 1 fully saturated rings. The van der Waals surface area contributed by atoms with Gasteiger partial charge < -0.3 is 9.88 Å². The highest BCUT2D eigenvalue weighted by atomic mass is 32.2. The predicted octanol–water partition coefficient (Wildman–Crippen LogP) is 4.03. The van der Waals surface area contributed by atoms with Gasteiger partial charge in [0.2, 0.25) is 0 Å². The predicted molar refractivity (Wildman–Crippen MR) is 125 cm³/mol. The van der Waals surface area contributed by atoms with Crippen LogP contribution in [-0.4, -0.2) is 43.6 Å². The summed E-state index contributed by atoms with van der Waals surface area (Å²) in [6, 6.07) is 17.3. The minimum absolute atomic E-state index is 0.0938. The first-order chi connectivity index (χ1) is 15.7. The van der Waals surface area contributed by atoms with E-state index in [0.717, 1.165) is 37.2 Å². The van der Waals surface area contributed by atoms with Gasteiger partial charge in [0, 0.05) is 24.4 Å². The van der Waals surface area contributed by atoms with Crippen molar-refractivity contribution in [3.63, 3.8) is 0 Å². The molecule has 1 saturated heterocycles. The van der Waals surface area contributed by atoms with Gasteiger partial charge >= 0.3 is 0 Å². The lowest BCUT2D eigenvalue weighted by atomic mass is 10.1.